The summed E-state index contributed by atoms with van der Waals surface area (Å²) in [5.74, 6) is 0. The summed E-state index contributed by atoms with van der Waals surface area (Å²) in [5.41, 5.74) is 2.47. The van der Waals surface area contributed by atoms with Gasteiger partial charge in [0.25, 0.3) is 0 Å². The molecule has 0 radical (unpaired) electrons. The monoisotopic (exact) mass is 234 g/mol. The Morgan fingerprint density at radius 2 is 1.94 bits per heavy atom. The number of benzene rings is 1. The van der Waals surface area contributed by atoms with Crippen molar-refractivity contribution in [2.75, 3.05) is 26.3 Å². The highest BCUT2D eigenvalue weighted by Gasteiger charge is 2.12. The van der Waals surface area contributed by atoms with E-state index in [2.05, 4.69) is 22.3 Å². The van der Waals surface area contributed by atoms with E-state index in [1.54, 1.807) is 0 Å². The number of ether oxygens (including phenoxy) is 1. The maximum absolute atomic E-state index is 10.3. The first-order valence-corrected chi connectivity index (χ1v) is 5.94. The van der Waals surface area contributed by atoms with Crippen LogP contribution in [-0.2, 0) is 22.6 Å². The Bertz CT molecular complexity index is 362. The molecule has 0 saturated carbocycles. The van der Waals surface area contributed by atoms with Gasteiger partial charge in [0, 0.05) is 26.2 Å². The molecule has 92 valence electrons. The second-order valence-corrected chi connectivity index (χ2v) is 4.16. The summed E-state index contributed by atoms with van der Waals surface area (Å²) in [6.07, 6.45) is 0.742. The molecule has 17 heavy (non-hydrogen) atoms. The molecule has 1 aliphatic rings. The molecule has 1 aromatic carbocycles. The fourth-order valence-electron chi connectivity index (χ4n) is 2.04. The van der Waals surface area contributed by atoms with E-state index in [1.807, 2.05) is 12.1 Å². The van der Waals surface area contributed by atoms with Crippen LogP contribution in [0.4, 0.5) is 0 Å². The van der Waals surface area contributed by atoms with Crippen molar-refractivity contribution in [3.63, 3.8) is 0 Å². The summed E-state index contributed by atoms with van der Waals surface area (Å²) in [4.78, 5) is 12.7. The van der Waals surface area contributed by atoms with Crippen LogP contribution in [0.25, 0.3) is 0 Å². The second-order valence-electron chi connectivity index (χ2n) is 4.16. The lowest BCUT2D eigenvalue weighted by Gasteiger charge is -2.27. The van der Waals surface area contributed by atoms with Crippen LogP contribution in [0.15, 0.2) is 24.3 Å². The topological polar surface area (TPSA) is 41.6 Å². The minimum absolute atomic E-state index is 0.601. The molecule has 1 amide bonds. The third-order valence-corrected chi connectivity index (χ3v) is 2.99. The highest BCUT2D eigenvalue weighted by molar-refractivity contribution is 5.46. The zero-order valence-electron chi connectivity index (χ0n) is 9.89. The average molecular weight is 234 g/mol. The molecule has 4 nitrogen and oxygen atoms in total. The molecule has 0 spiro atoms. The molecule has 1 saturated heterocycles. The normalized spacial score (nSPS) is 16.7. The van der Waals surface area contributed by atoms with Crippen LogP contribution < -0.4 is 5.32 Å². The maximum atomic E-state index is 10.3. The summed E-state index contributed by atoms with van der Waals surface area (Å²) in [7, 11) is 0. The van der Waals surface area contributed by atoms with Crippen LogP contribution in [0.2, 0.25) is 0 Å². The van der Waals surface area contributed by atoms with Gasteiger partial charge in [-0.15, -0.1) is 0 Å². The molecule has 2 rings (SSSR count). The Hall–Kier alpha value is -1.39. The number of morpholine rings is 1. The molecule has 1 fully saturated rings. The van der Waals surface area contributed by atoms with Crippen LogP contribution in [0.3, 0.4) is 0 Å². The van der Waals surface area contributed by atoms with Gasteiger partial charge < -0.3 is 10.1 Å². The van der Waals surface area contributed by atoms with Gasteiger partial charge in [-0.1, -0.05) is 24.3 Å². The lowest BCUT2D eigenvalue weighted by atomic mass is 10.1. The van der Waals surface area contributed by atoms with E-state index in [0.29, 0.717) is 6.54 Å². The molecule has 1 aliphatic heterocycles. The molecular formula is C13H18N2O2. The molecule has 4 heteroatoms. The van der Waals surface area contributed by atoms with Gasteiger partial charge in [-0.25, -0.2) is 0 Å². The van der Waals surface area contributed by atoms with Gasteiger partial charge in [-0.3, -0.25) is 9.69 Å². The van der Waals surface area contributed by atoms with E-state index in [4.69, 9.17) is 4.74 Å². The lowest BCUT2D eigenvalue weighted by Crippen LogP contribution is -2.36. The molecule has 0 unspecified atom stereocenters. The van der Waals surface area contributed by atoms with Crippen LogP contribution >= 0.6 is 0 Å². The lowest BCUT2D eigenvalue weighted by molar-refractivity contribution is -0.109. The average Bonchev–Trinajstić information content (AvgIpc) is 2.39. The largest absolute Gasteiger partial charge is 0.379 e. The number of carbonyl (C=O) groups excluding carboxylic acids is 1. The number of amides is 1. The van der Waals surface area contributed by atoms with Gasteiger partial charge in [0.1, 0.15) is 0 Å². The van der Waals surface area contributed by atoms with Gasteiger partial charge in [-0.2, -0.15) is 0 Å². The van der Waals surface area contributed by atoms with Crippen molar-refractivity contribution < 1.29 is 9.53 Å². The molecular weight excluding hydrogens is 216 g/mol. The van der Waals surface area contributed by atoms with Crippen LogP contribution in [0.5, 0.6) is 0 Å². The highest BCUT2D eigenvalue weighted by atomic mass is 16.5. The van der Waals surface area contributed by atoms with Crippen LogP contribution in [-0.4, -0.2) is 37.6 Å². The third-order valence-electron chi connectivity index (χ3n) is 2.99. The van der Waals surface area contributed by atoms with Crippen molar-refractivity contribution >= 4 is 6.41 Å². The van der Waals surface area contributed by atoms with Crippen molar-refractivity contribution in [3.8, 4) is 0 Å². The summed E-state index contributed by atoms with van der Waals surface area (Å²) < 4.78 is 5.33. The Labute approximate surface area is 102 Å². The zero-order chi connectivity index (χ0) is 11.9. The number of rotatable bonds is 5. The predicted octanol–water partition coefficient (Wildman–Crippen LogP) is 0.765. The van der Waals surface area contributed by atoms with E-state index in [-0.39, 0.29) is 0 Å². The molecule has 1 aromatic rings. The van der Waals surface area contributed by atoms with Crippen molar-refractivity contribution in [3.05, 3.63) is 35.4 Å². The Kier molecular flexibility index (Phi) is 4.53. The number of carbonyl (C=O) groups is 1. The number of nitrogens with zero attached hydrogens (tertiary/aromatic N) is 1. The standard InChI is InChI=1S/C13H18N2O2/c16-11-14-9-12-3-1-2-4-13(12)10-15-5-7-17-8-6-15/h1-4,11H,5-10H2,(H,14,16). The first-order valence-electron chi connectivity index (χ1n) is 5.94. The predicted molar refractivity (Wildman–Crippen MR) is 65.4 cm³/mol. The molecule has 0 bridgehead atoms. The van der Waals surface area contributed by atoms with Gasteiger partial charge >= 0.3 is 0 Å². The quantitative estimate of drug-likeness (QED) is 0.765. The summed E-state index contributed by atoms with van der Waals surface area (Å²) in [5, 5.41) is 2.72. The summed E-state index contributed by atoms with van der Waals surface area (Å²) >= 11 is 0. The molecule has 1 heterocycles. The maximum Gasteiger partial charge on any atom is 0.207 e. The van der Waals surface area contributed by atoms with Crippen molar-refractivity contribution in [1.82, 2.24) is 10.2 Å². The second kappa shape index (κ2) is 6.37. The van der Waals surface area contributed by atoms with Gasteiger partial charge in [0.15, 0.2) is 0 Å². The van der Waals surface area contributed by atoms with E-state index < -0.39 is 0 Å². The van der Waals surface area contributed by atoms with Crippen molar-refractivity contribution in [2.24, 2.45) is 0 Å². The number of hydrogen-bond donors (Lipinski definition) is 1. The molecule has 0 aromatic heterocycles. The summed E-state index contributed by atoms with van der Waals surface area (Å²) in [6.45, 7) is 5.12. The van der Waals surface area contributed by atoms with Crippen LogP contribution in [0, 0.1) is 0 Å². The van der Waals surface area contributed by atoms with Crippen molar-refractivity contribution in [2.45, 2.75) is 13.1 Å². The Balaban J connectivity index is 2.00. The van der Waals surface area contributed by atoms with Gasteiger partial charge in [0.2, 0.25) is 6.41 Å². The van der Waals surface area contributed by atoms with Gasteiger partial charge in [-0.05, 0) is 11.1 Å². The smallest absolute Gasteiger partial charge is 0.207 e. The Morgan fingerprint density at radius 1 is 1.24 bits per heavy atom. The molecule has 0 aliphatic carbocycles. The molecule has 1 N–H and O–H groups in total. The van der Waals surface area contributed by atoms with Crippen molar-refractivity contribution in [1.29, 1.82) is 0 Å². The van der Waals surface area contributed by atoms with Crippen LogP contribution in [0.1, 0.15) is 11.1 Å². The first-order chi connectivity index (χ1) is 8.40. The highest BCUT2D eigenvalue weighted by Crippen LogP contribution is 2.12. The van der Waals surface area contributed by atoms with E-state index >= 15 is 0 Å². The fraction of sp³-hybridized carbons (Fsp3) is 0.462. The number of hydrogen-bond acceptors (Lipinski definition) is 3. The number of nitrogens with one attached hydrogen (secondary N) is 1. The van der Waals surface area contributed by atoms with E-state index in [1.165, 1.54) is 11.1 Å². The van der Waals surface area contributed by atoms with E-state index in [9.17, 15) is 4.79 Å². The third kappa shape index (κ3) is 3.54. The zero-order valence-corrected chi connectivity index (χ0v) is 9.89. The fourth-order valence-corrected chi connectivity index (χ4v) is 2.04. The minimum Gasteiger partial charge on any atom is -0.379 e. The minimum atomic E-state index is 0.601. The SMILES string of the molecule is O=CNCc1ccccc1CN1CCOCC1. The first kappa shape index (κ1) is 12.1. The molecule has 0 atom stereocenters. The summed E-state index contributed by atoms with van der Waals surface area (Å²) in [6, 6.07) is 8.23. The van der Waals surface area contributed by atoms with E-state index in [0.717, 1.165) is 39.3 Å². The van der Waals surface area contributed by atoms with Gasteiger partial charge in [0.05, 0.1) is 13.2 Å². The Morgan fingerprint density at radius 3 is 2.65 bits per heavy atom.